The first-order chi connectivity index (χ1) is 15.9. The van der Waals surface area contributed by atoms with Crippen molar-refractivity contribution in [2.45, 2.75) is 91.4 Å². The van der Waals surface area contributed by atoms with Crippen molar-refractivity contribution in [1.82, 2.24) is 9.13 Å². The summed E-state index contributed by atoms with van der Waals surface area (Å²) < 4.78 is 7.56. The topological polar surface area (TPSA) is 88.5 Å². The highest BCUT2D eigenvalue weighted by Crippen LogP contribution is 2.43. The van der Waals surface area contributed by atoms with Crippen molar-refractivity contribution in [3.63, 3.8) is 0 Å². The molecule has 2 unspecified atom stereocenters. The van der Waals surface area contributed by atoms with Crippen LogP contribution < -0.4 is 19.3 Å². The SMILES string of the molecule is CCn1cc[n+](C)c1C([O-])=NC(C)(C)C1CCCC(C(C)(C)N=C([O-])c2n(CC)cc[n+]2C)C1. The van der Waals surface area contributed by atoms with Crippen molar-refractivity contribution in [2.75, 3.05) is 0 Å². The van der Waals surface area contributed by atoms with E-state index in [9.17, 15) is 10.2 Å². The molecule has 3 rings (SSSR count). The van der Waals surface area contributed by atoms with Gasteiger partial charge in [-0.2, -0.15) is 0 Å². The van der Waals surface area contributed by atoms with Crippen LogP contribution in [0.3, 0.4) is 0 Å². The van der Waals surface area contributed by atoms with Crippen molar-refractivity contribution in [3.8, 4) is 0 Å². The molecule has 0 aromatic carbocycles. The Bertz CT molecular complexity index is 977. The summed E-state index contributed by atoms with van der Waals surface area (Å²) in [6, 6.07) is 0. The van der Waals surface area contributed by atoms with E-state index in [0.717, 1.165) is 38.8 Å². The molecule has 2 aromatic rings. The number of aliphatic imine (C=N–C) groups is 2. The Kier molecular flexibility index (Phi) is 7.58. The second-order valence-electron chi connectivity index (χ2n) is 10.7. The molecule has 8 nitrogen and oxygen atoms in total. The van der Waals surface area contributed by atoms with E-state index in [2.05, 4.69) is 27.7 Å². The van der Waals surface area contributed by atoms with Gasteiger partial charge in [-0.15, -0.1) is 0 Å². The van der Waals surface area contributed by atoms with Gasteiger partial charge in [0.1, 0.15) is 24.8 Å². The summed E-state index contributed by atoms with van der Waals surface area (Å²) >= 11 is 0. The number of imidazole rings is 2. The van der Waals surface area contributed by atoms with Crippen LogP contribution in [-0.4, -0.2) is 32.0 Å². The summed E-state index contributed by atoms with van der Waals surface area (Å²) in [5.74, 6) is 1.38. The van der Waals surface area contributed by atoms with E-state index >= 15 is 0 Å². The lowest BCUT2D eigenvalue weighted by Gasteiger charge is -2.43. The van der Waals surface area contributed by atoms with Crippen molar-refractivity contribution < 1.29 is 19.3 Å². The molecule has 2 aromatic heterocycles. The molecule has 0 saturated heterocycles. The molecular formula is C26H42N6O2. The third kappa shape index (κ3) is 5.20. The van der Waals surface area contributed by atoms with Crippen LogP contribution in [0, 0.1) is 11.8 Å². The van der Waals surface area contributed by atoms with Gasteiger partial charge in [-0.05, 0) is 72.6 Å². The Morgan fingerprint density at radius 1 is 0.853 bits per heavy atom. The zero-order chi connectivity index (χ0) is 25.3. The van der Waals surface area contributed by atoms with Crippen LogP contribution in [0.1, 0.15) is 78.9 Å². The number of aryl methyl sites for hydroxylation is 4. The van der Waals surface area contributed by atoms with Crippen LogP contribution in [0.15, 0.2) is 34.8 Å². The van der Waals surface area contributed by atoms with Gasteiger partial charge in [0.2, 0.25) is 0 Å². The molecule has 2 atom stereocenters. The van der Waals surface area contributed by atoms with E-state index in [4.69, 9.17) is 9.98 Å². The number of aromatic nitrogens is 4. The van der Waals surface area contributed by atoms with Gasteiger partial charge in [-0.1, -0.05) is 6.42 Å². The fourth-order valence-electron chi connectivity index (χ4n) is 5.39. The molecule has 1 saturated carbocycles. The maximum Gasteiger partial charge on any atom is 0.291 e. The van der Waals surface area contributed by atoms with E-state index in [0.29, 0.717) is 11.6 Å². The van der Waals surface area contributed by atoms with Crippen molar-refractivity contribution >= 4 is 11.8 Å². The van der Waals surface area contributed by atoms with Gasteiger partial charge in [0, 0.05) is 0 Å². The Balaban J connectivity index is 1.83. The van der Waals surface area contributed by atoms with Crippen LogP contribution in [-0.2, 0) is 27.2 Å². The predicted octanol–water partition coefficient (Wildman–Crippen LogP) is 1.26. The average Bonchev–Trinajstić information content (AvgIpc) is 3.35. The molecule has 0 bridgehead atoms. The lowest BCUT2D eigenvalue weighted by molar-refractivity contribution is -0.674. The lowest BCUT2D eigenvalue weighted by Crippen LogP contribution is -2.45. The summed E-state index contributed by atoms with van der Waals surface area (Å²) in [6.07, 6.45) is 11.6. The van der Waals surface area contributed by atoms with E-state index in [1.165, 1.54) is 0 Å². The van der Waals surface area contributed by atoms with E-state index in [1.807, 2.05) is 71.0 Å². The monoisotopic (exact) mass is 470 g/mol. The first kappa shape index (κ1) is 26.0. The number of nitrogens with zero attached hydrogens (tertiary/aromatic N) is 6. The first-order valence-electron chi connectivity index (χ1n) is 12.5. The normalized spacial score (nSPS) is 20.7. The van der Waals surface area contributed by atoms with Crippen molar-refractivity contribution in [3.05, 3.63) is 36.4 Å². The Labute approximate surface area is 204 Å². The van der Waals surface area contributed by atoms with Gasteiger partial charge in [0.25, 0.3) is 11.6 Å². The lowest BCUT2D eigenvalue weighted by atomic mass is 9.67. The highest BCUT2D eigenvalue weighted by molar-refractivity contribution is 5.86. The summed E-state index contributed by atoms with van der Waals surface area (Å²) in [5.41, 5.74) is -0.982. The molecular weight excluding hydrogens is 428 g/mol. The summed E-state index contributed by atoms with van der Waals surface area (Å²) in [4.78, 5) is 9.42. The van der Waals surface area contributed by atoms with E-state index < -0.39 is 11.1 Å². The second kappa shape index (κ2) is 9.92. The van der Waals surface area contributed by atoms with E-state index in [1.54, 1.807) is 0 Å². The molecule has 34 heavy (non-hydrogen) atoms. The van der Waals surface area contributed by atoms with Gasteiger partial charge in [0.05, 0.1) is 50.1 Å². The fourth-order valence-corrected chi connectivity index (χ4v) is 5.39. The number of hydrogen-bond donors (Lipinski definition) is 0. The highest BCUT2D eigenvalue weighted by atomic mass is 16.3. The number of hydrogen-bond acceptors (Lipinski definition) is 4. The molecule has 0 amide bonds. The minimum Gasteiger partial charge on any atom is -0.853 e. The largest absolute Gasteiger partial charge is 0.853 e. The van der Waals surface area contributed by atoms with E-state index in [-0.39, 0.29) is 23.6 Å². The summed E-state index contributed by atoms with van der Waals surface area (Å²) in [5, 5.41) is 26.3. The maximum atomic E-state index is 13.1. The average molecular weight is 471 g/mol. The third-order valence-electron chi connectivity index (χ3n) is 7.67. The number of rotatable bonds is 8. The second-order valence-corrected chi connectivity index (χ2v) is 10.7. The smallest absolute Gasteiger partial charge is 0.291 e. The molecule has 1 aliphatic rings. The van der Waals surface area contributed by atoms with Gasteiger partial charge in [-0.3, -0.25) is 9.98 Å². The quantitative estimate of drug-likeness (QED) is 0.330. The molecule has 188 valence electrons. The molecule has 0 spiro atoms. The van der Waals surface area contributed by atoms with Crippen LogP contribution in [0.4, 0.5) is 0 Å². The molecule has 0 radical (unpaired) electrons. The molecule has 8 heteroatoms. The molecule has 0 aliphatic heterocycles. The fraction of sp³-hybridized carbons (Fsp3) is 0.692. The zero-order valence-corrected chi connectivity index (χ0v) is 22.2. The Morgan fingerprint density at radius 3 is 1.59 bits per heavy atom. The molecule has 0 N–H and O–H groups in total. The standard InChI is InChI=1S/C26H42N6O2/c1-9-31-16-14-29(7)23(31)21(33)27-25(3,4)19-12-11-13-20(18-19)26(5,6)28-22(34)24-30(8)15-17-32(24)10-2/h14-17,19-20H,9-13,18H2,1-8H3. The van der Waals surface area contributed by atoms with Gasteiger partial charge in [-0.25, -0.2) is 18.3 Å². The minimum absolute atomic E-state index is 0.173. The summed E-state index contributed by atoms with van der Waals surface area (Å²) in [7, 11) is 3.77. The predicted molar refractivity (Wildman–Crippen MR) is 129 cm³/mol. The Hall–Kier alpha value is -2.64. The van der Waals surface area contributed by atoms with Crippen LogP contribution >= 0.6 is 0 Å². The minimum atomic E-state index is -0.491. The van der Waals surface area contributed by atoms with Crippen LogP contribution in [0.5, 0.6) is 0 Å². The van der Waals surface area contributed by atoms with Crippen molar-refractivity contribution in [2.24, 2.45) is 35.9 Å². The zero-order valence-electron chi connectivity index (χ0n) is 22.2. The third-order valence-corrected chi connectivity index (χ3v) is 7.67. The maximum absolute atomic E-state index is 13.1. The Morgan fingerprint density at radius 2 is 1.24 bits per heavy atom. The first-order valence-corrected chi connectivity index (χ1v) is 12.5. The molecule has 1 aliphatic carbocycles. The molecule has 1 fully saturated rings. The summed E-state index contributed by atoms with van der Waals surface area (Å²) in [6.45, 7) is 13.8. The van der Waals surface area contributed by atoms with Gasteiger partial charge >= 0.3 is 0 Å². The van der Waals surface area contributed by atoms with Gasteiger partial charge < -0.3 is 10.2 Å². The highest BCUT2D eigenvalue weighted by Gasteiger charge is 2.39. The molecule has 2 heterocycles. The van der Waals surface area contributed by atoms with Crippen LogP contribution in [0.2, 0.25) is 0 Å². The van der Waals surface area contributed by atoms with Gasteiger partial charge in [0.15, 0.2) is 0 Å². The van der Waals surface area contributed by atoms with Crippen LogP contribution in [0.25, 0.3) is 0 Å². The van der Waals surface area contributed by atoms with Crippen molar-refractivity contribution in [1.29, 1.82) is 0 Å².